The summed E-state index contributed by atoms with van der Waals surface area (Å²) in [5.74, 6) is 0.689. The Morgan fingerprint density at radius 2 is 1.96 bits per heavy atom. The van der Waals surface area contributed by atoms with Crippen LogP contribution >= 0.6 is 12.2 Å². The van der Waals surface area contributed by atoms with Gasteiger partial charge in [-0.15, -0.1) is 0 Å². The molecule has 1 aromatic carbocycles. The first-order chi connectivity index (χ1) is 13.6. The Hall–Kier alpha value is -1.90. The number of likely N-dealkylation sites (tertiary alicyclic amines) is 2. The lowest BCUT2D eigenvalue weighted by Crippen LogP contribution is -2.52. The fraction of sp³-hybridized carbons (Fsp3) is 0.600. The van der Waals surface area contributed by atoms with Crippen molar-refractivity contribution in [2.75, 3.05) is 38.6 Å². The molecule has 2 aliphatic heterocycles. The molecule has 0 bridgehead atoms. The summed E-state index contributed by atoms with van der Waals surface area (Å²) in [6.45, 7) is 2.83. The molecule has 28 heavy (non-hydrogen) atoms. The number of hydrogen-bond acceptors (Lipinski definition) is 5. The number of ether oxygens (including phenoxy) is 1. The van der Waals surface area contributed by atoms with E-state index in [2.05, 4.69) is 15.5 Å². The van der Waals surface area contributed by atoms with Crippen LogP contribution in [-0.4, -0.2) is 71.5 Å². The molecule has 2 fully saturated rings. The quantitative estimate of drug-likeness (QED) is 0.622. The minimum absolute atomic E-state index is 0.0000707. The molecule has 2 heterocycles. The first-order valence-electron chi connectivity index (χ1n) is 10.00. The number of nitrogens with zero attached hydrogens (tertiary/aromatic N) is 2. The van der Waals surface area contributed by atoms with E-state index >= 15 is 0 Å². The number of β-amino-alcohol motifs (C(OH)–C–C–N with tert-alkyl or cyclic N) is 1. The smallest absolute Gasteiger partial charge is 0.245 e. The van der Waals surface area contributed by atoms with E-state index in [1.54, 1.807) is 12.0 Å². The number of benzene rings is 1. The lowest BCUT2D eigenvalue weighted by Gasteiger charge is -2.31. The molecule has 1 amide bonds. The average molecular weight is 407 g/mol. The van der Waals surface area contributed by atoms with Crippen LogP contribution in [0.1, 0.15) is 32.1 Å². The minimum Gasteiger partial charge on any atom is -0.495 e. The number of nitrogens with one attached hydrogen (secondary N) is 2. The van der Waals surface area contributed by atoms with E-state index in [0.29, 0.717) is 24.0 Å². The Labute approximate surface area is 172 Å². The fourth-order valence-corrected chi connectivity index (χ4v) is 4.09. The van der Waals surface area contributed by atoms with Gasteiger partial charge in [-0.2, -0.15) is 0 Å². The van der Waals surface area contributed by atoms with Crippen LogP contribution in [0.5, 0.6) is 5.75 Å². The molecule has 0 spiro atoms. The summed E-state index contributed by atoms with van der Waals surface area (Å²) < 4.78 is 5.33. The summed E-state index contributed by atoms with van der Waals surface area (Å²) in [5, 5.41) is 17.2. The van der Waals surface area contributed by atoms with Crippen LogP contribution < -0.4 is 15.4 Å². The van der Waals surface area contributed by atoms with Gasteiger partial charge in [-0.3, -0.25) is 9.69 Å². The highest BCUT2D eigenvalue weighted by Crippen LogP contribution is 2.23. The zero-order chi connectivity index (χ0) is 19.9. The topological polar surface area (TPSA) is 77.1 Å². The number of thiocarbonyl (C=S) groups is 1. The van der Waals surface area contributed by atoms with Gasteiger partial charge in [0.25, 0.3) is 0 Å². The summed E-state index contributed by atoms with van der Waals surface area (Å²) in [6, 6.07) is 7.12. The Bertz CT molecular complexity index is 681. The maximum absolute atomic E-state index is 13.0. The summed E-state index contributed by atoms with van der Waals surface area (Å²) >= 11 is 5.43. The standard InChI is InChI=1S/C20H30N4O3S/c1-27-17-10-3-2-8-15(17)21-20(28)22-16-9-4-5-13-24(19(16)26)14-18(25)23-11-6-7-12-23/h2-3,8,10,16,18,25H,4-7,9,11-14H2,1H3,(H2,21,22,28). The van der Waals surface area contributed by atoms with E-state index in [4.69, 9.17) is 17.0 Å². The monoisotopic (exact) mass is 406 g/mol. The second-order valence-electron chi connectivity index (χ2n) is 7.36. The molecule has 154 valence electrons. The van der Waals surface area contributed by atoms with Crippen LogP contribution in [0.3, 0.4) is 0 Å². The van der Waals surface area contributed by atoms with Gasteiger partial charge in [-0.25, -0.2) is 0 Å². The Morgan fingerprint density at radius 3 is 2.71 bits per heavy atom. The highest BCUT2D eigenvalue weighted by Gasteiger charge is 2.30. The molecule has 0 radical (unpaired) electrons. The van der Waals surface area contributed by atoms with Crippen molar-refractivity contribution in [1.29, 1.82) is 0 Å². The van der Waals surface area contributed by atoms with Gasteiger partial charge in [0.15, 0.2) is 5.11 Å². The summed E-state index contributed by atoms with van der Waals surface area (Å²) in [7, 11) is 1.61. The van der Waals surface area contributed by atoms with Gasteiger partial charge in [0.2, 0.25) is 5.91 Å². The molecule has 0 saturated carbocycles. The number of carbonyl (C=O) groups excluding carboxylic acids is 1. The Kier molecular flexibility index (Phi) is 7.47. The van der Waals surface area contributed by atoms with E-state index in [1.165, 1.54) is 0 Å². The molecule has 8 heteroatoms. The van der Waals surface area contributed by atoms with Crippen molar-refractivity contribution < 1.29 is 14.6 Å². The second kappa shape index (κ2) is 10.0. The molecule has 7 nitrogen and oxygen atoms in total. The molecule has 2 aliphatic rings. The first kappa shape index (κ1) is 20.8. The Morgan fingerprint density at radius 1 is 1.25 bits per heavy atom. The molecule has 0 aromatic heterocycles. The molecule has 2 saturated heterocycles. The van der Waals surface area contributed by atoms with Crippen molar-refractivity contribution in [3.63, 3.8) is 0 Å². The highest BCUT2D eigenvalue weighted by molar-refractivity contribution is 7.80. The van der Waals surface area contributed by atoms with Crippen LogP contribution in [-0.2, 0) is 4.79 Å². The third-order valence-corrected chi connectivity index (χ3v) is 5.61. The number of carbonyl (C=O) groups is 1. The van der Waals surface area contributed by atoms with E-state index in [0.717, 1.165) is 50.9 Å². The van der Waals surface area contributed by atoms with Gasteiger partial charge in [0.05, 0.1) is 19.3 Å². The molecular formula is C20H30N4O3S. The van der Waals surface area contributed by atoms with Crippen molar-refractivity contribution in [3.05, 3.63) is 24.3 Å². The lowest BCUT2D eigenvalue weighted by molar-refractivity contribution is -0.135. The van der Waals surface area contributed by atoms with Crippen molar-refractivity contribution in [3.8, 4) is 5.75 Å². The zero-order valence-electron chi connectivity index (χ0n) is 16.4. The number of para-hydroxylation sites is 2. The van der Waals surface area contributed by atoms with Crippen LogP contribution in [0.2, 0.25) is 0 Å². The molecule has 2 unspecified atom stereocenters. The minimum atomic E-state index is -0.594. The fourth-order valence-electron chi connectivity index (χ4n) is 3.84. The van der Waals surface area contributed by atoms with Crippen LogP contribution in [0, 0.1) is 0 Å². The van der Waals surface area contributed by atoms with E-state index < -0.39 is 6.23 Å². The number of anilines is 1. The van der Waals surface area contributed by atoms with Crippen molar-refractivity contribution in [2.24, 2.45) is 0 Å². The number of rotatable bonds is 6. The highest BCUT2D eigenvalue weighted by atomic mass is 32.1. The van der Waals surface area contributed by atoms with Gasteiger partial charge in [-0.05, 0) is 56.5 Å². The second-order valence-corrected chi connectivity index (χ2v) is 7.76. The molecular weight excluding hydrogens is 376 g/mol. The van der Waals surface area contributed by atoms with E-state index in [1.807, 2.05) is 24.3 Å². The number of methoxy groups -OCH3 is 1. The number of amides is 1. The maximum Gasteiger partial charge on any atom is 0.245 e. The zero-order valence-corrected chi connectivity index (χ0v) is 17.2. The number of hydrogen-bond donors (Lipinski definition) is 3. The van der Waals surface area contributed by atoms with Gasteiger partial charge in [-0.1, -0.05) is 12.1 Å². The molecule has 2 atom stereocenters. The van der Waals surface area contributed by atoms with Crippen molar-refractivity contribution >= 4 is 28.9 Å². The predicted octanol–water partition coefficient (Wildman–Crippen LogP) is 1.78. The van der Waals surface area contributed by atoms with Gasteiger partial charge in [0.1, 0.15) is 18.0 Å². The van der Waals surface area contributed by atoms with Gasteiger partial charge >= 0.3 is 0 Å². The largest absolute Gasteiger partial charge is 0.495 e. The normalized spacial score (nSPS) is 21.9. The first-order valence-corrected chi connectivity index (χ1v) is 10.4. The number of aliphatic hydroxyl groups is 1. The predicted molar refractivity (Wildman–Crippen MR) is 113 cm³/mol. The van der Waals surface area contributed by atoms with Crippen molar-refractivity contribution in [1.82, 2.24) is 15.1 Å². The summed E-state index contributed by atoms with van der Waals surface area (Å²) in [4.78, 5) is 16.9. The van der Waals surface area contributed by atoms with Crippen molar-refractivity contribution in [2.45, 2.75) is 44.4 Å². The summed E-state index contributed by atoms with van der Waals surface area (Å²) in [5.41, 5.74) is 0.755. The van der Waals surface area contributed by atoms with E-state index in [9.17, 15) is 9.90 Å². The number of aliphatic hydroxyl groups excluding tert-OH is 1. The Balaban J connectivity index is 1.58. The van der Waals surface area contributed by atoms with Gasteiger partial charge < -0.3 is 25.4 Å². The molecule has 1 aromatic rings. The van der Waals surface area contributed by atoms with Gasteiger partial charge in [0, 0.05) is 19.6 Å². The van der Waals surface area contributed by atoms with Crippen LogP contribution in [0.15, 0.2) is 24.3 Å². The lowest BCUT2D eigenvalue weighted by atomic mass is 10.1. The molecule has 0 aliphatic carbocycles. The summed E-state index contributed by atoms with van der Waals surface area (Å²) in [6.07, 6.45) is 4.23. The SMILES string of the molecule is COc1ccccc1NC(=S)NC1CCCCN(CC(O)N2CCCC2)C1=O. The third kappa shape index (κ3) is 5.33. The molecule has 3 rings (SSSR count). The van der Waals surface area contributed by atoms with Crippen LogP contribution in [0.4, 0.5) is 5.69 Å². The van der Waals surface area contributed by atoms with Crippen LogP contribution in [0.25, 0.3) is 0 Å². The van der Waals surface area contributed by atoms with E-state index in [-0.39, 0.29) is 11.9 Å². The average Bonchev–Trinajstić information content (AvgIpc) is 3.18. The maximum atomic E-state index is 13.0. The third-order valence-electron chi connectivity index (χ3n) is 5.39. The molecule has 3 N–H and O–H groups in total.